The van der Waals surface area contributed by atoms with Gasteiger partial charge in [-0.3, -0.25) is 9.59 Å². The first-order chi connectivity index (χ1) is 8.90. The first-order valence-electron chi connectivity index (χ1n) is 6.28. The Morgan fingerprint density at radius 1 is 1.37 bits per heavy atom. The van der Waals surface area contributed by atoms with Gasteiger partial charge in [-0.2, -0.15) is 0 Å². The first-order valence-corrected chi connectivity index (χ1v) is 6.28. The van der Waals surface area contributed by atoms with Crippen molar-refractivity contribution in [1.29, 1.82) is 0 Å². The van der Waals surface area contributed by atoms with Gasteiger partial charge in [0, 0.05) is 12.1 Å². The summed E-state index contributed by atoms with van der Waals surface area (Å²) < 4.78 is 0. The number of aliphatic carboxylic acids is 1. The molecule has 4 N–H and O–H groups in total. The number of carboxylic acid groups (broad SMARTS) is 1. The average Bonchev–Trinajstić information content (AvgIpc) is 2.36. The molecule has 104 valence electrons. The zero-order chi connectivity index (χ0) is 14.4. The van der Waals surface area contributed by atoms with Crippen molar-refractivity contribution in [2.75, 3.05) is 5.32 Å². The zero-order valence-electron chi connectivity index (χ0n) is 11.2. The summed E-state index contributed by atoms with van der Waals surface area (Å²) in [5, 5.41) is 11.2. The molecule has 5 nitrogen and oxygen atoms in total. The third-order valence-electron chi connectivity index (χ3n) is 2.83. The molecule has 1 rings (SSSR count). The molecule has 0 saturated carbocycles. The number of carbonyl (C=O) groups excluding carboxylic acids is 1. The standard InChI is InChI=1S/C14H20N2O3/c1-9(2)10-4-3-5-11(8-10)16-14(19)12(15)6-7-13(17)18/h3-5,8-9,12H,6-7,15H2,1-2H3,(H,16,19)(H,17,18). The molecule has 0 aliphatic heterocycles. The van der Waals surface area contributed by atoms with E-state index in [1.807, 2.05) is 18.2 Å². The highest BCUT2D eigenvalue weighted by Gasteiger charge is 2.15. The van der Waals surface area contributed by atoms with E-state index in [1.165, 1.54) is 0 Å². The van der Waals surface area contributed by atoms with Gasteiger partial charge < -0.3 is 16.2 Å². The van der Waals surface area contributed by atoms with E-state index in [2.05, 4.69) is 19.2 Å². The zero-order valence-corrected chi connectivity index (χ0v) is 11.2. The van der Waals surface area contributed by atoms with E-state index in [9.17, 15) is 9.59 Å². The molecule has 0 saturated heterocycles. The molecule has 0 aromatic heterocycles. The minimum Gasteiger partial charge on any atom is -0.481 e. The molecule has 1 atom stereocenters. The number of carboxylic acids is 1. The lowest BCUT2D eigenvalue weighted by Gasteiger charge is -2.13. The Kier molecular flexibility index (Phi) is 5.51. The first kappa shape index (κ1) is 15.2. The summed E-state index contributed by atoms with van der Waals surface area (Å²) in [5.74, 6) is -0.940. The fourth-order valence-corrected chi connectivity index (χ4v) is 1.62. The van der Waals surface area contributed by atoms with Gasteiger partial charge in [0.1, 0.15) is 0 Å². The van der Waals surface area contributed by atoms with Crippen molar-refractivity contribution < 1.29 is 14.7 Å². The smallest absolute Gasteiger partial charge is 0.303 e. The van der Waals surface area contributed by atoms with Crippen molar-refractivity contribution in [1.82, 2.24) is 0 Å². The molecule has 0 aliphatic carbocycles. The molecule has 0 bridgehead atoms. The van der Waals surface area contributed by atoms with E-state index < -0.39 is 12.0 Å². The van der Waals surface area contributed by atoms with Crippen LogP contribution in [0, 0.1) is 0 Å². The summed E-state index contributed by atoms with van der Waals surface area (Å²) in [4.78, 5) is 22.2. The van der Waals surface area contributed by atoms with E-state index in [-0.39, 0.29) is 18.7 Å². The number of nitrogens with two attached hydrogens (primary N) is 1. The molecule has 5 heteroatoms. The van der Waals surface area contributed by atoms with E-state index >= 15 is 0 Å². The topological polar surface area (TPSA) is 92.4 Å². The number of carbonyl (C=O) groups is 2. The second-order valence-corrected chi connectivity index (χ2v) is 4.81. The van der Waals surface area contributed by atoms with Gasteiger partial charge in [0.2, 0.25) is 5.91 Å². The van der Waals surface area contributed by atoms with Gasteiger partial charge in [-0.1, -0.05) is 26.0 Å². The van der Waals surface area contributed by atoms with Crippen LogP contribution in [0.5, 0.6) is 0 Å². The highest BCUT2D eigenvalue weighted by molar-refractivity contribution is 5.94. The minimum absolute atomic E-state index is 0.110. The Balaban J connectivity index is 2.61. The Hall–Kier alpha value is -1.88. The van der Waals surface area contributed by atoms with Gasteiger partial charge in [-0.05, 0) is 30.0 Å². The van der Waals surface area contributed by atoms with E-state index in [0.717, 1.165) is 5.56 Å². The number of anilines is 1. The van der Waals surface area contributed by atoms with E-state index in [1.54, 1.807) is 6.07 Å². The summed E-state index contributed by atoms with van der Waals surface area (Å²) in [6.45, 7) is 4.14. The molecule has 0 fully saturated rings. The van der Waals surface area contributed by atoms with Gasteiger partial charge in [-0.15, -0.1) is 0 Å². The van der Waals surface area contributed by atoms with Crippen molar-refractivity contribution in [3.63, 3.8) is 0 Å². The molecule has 1 unspecified atom stereocenters. The monoisotopic (exact) mass is 264 g/mol. The number of nitrogens with one attached hydrogen (secondary N) is 1. The molecular weight excluding hydrogens is 244 g/mol. The quantitative estimate of drug-likeness (QED) is 0.732. The molecule has 19 heavy (non-hydrogen) atoms. The van der Waals surface area contributed by atoms with E-state index in [0.29, 0.717) is 11.6 Å². The maximum absolute atomic E-state index is 11.8. The van der Waals surface area contributed by atoms with Crippen molar-refractivity contribution >= 4 is 17.6 Å². The second kappa shape index (κ2) is 6.89. The van der Waals surface area contributed by atoms with Crippen LogP contribution in [0.25, 0.3) is 0 Å². The van der Waals surface area contributed by atoms with Gasteiger partial charge >= 0.3 is 5.97 Å². The van der Waals surface area contributed by atoms with Gasteiger partial charge in [-0.25, -0.2) is 0 Å². The fraction of sp³-hybridized carbons (Fsp3) is 0.429. The summed E-state index contributed by atoms with van der Waals surface area (Å²) in [6, 6.07) is 6.73. The third-order valence-corrected chi connectivity index (χ3v) is 2.83. The predicted molar refractivity (Wildman–Crippen MR) is 74.0 cm³/mol. The third kappa shape index (κ3) is 5.09. The van der Waals surface area contributed by atoms with Gasteiger partial charge in [0.25, 0.3) is 0 Å². The number of rotatable bonds is 6. The molecular formula is C14H20N2O3. The maximum Gasteiger partial charge on any atom is 0.303 e. The Morgan fingerprint density at radius 2 is 2.05 bits per heavy atom. The molecule has 0 aliphatic rings. The normalized spacial score (nSPS) is 12.2. The summed E-state index contributed by atoms with van der Waals surface area (Å²) in [5.41, 5.74) is 7.44. The minimum atomic E-state index is -0.954. The van der Waals surface area contributed by atoms with Crippen LogP contribution < -0.4 is 11.1 Å². The number of hydrogen-bond acceptors (Lipinski definition) is 3. The second-order valence-electron chi connectivity index (χ2n) is 4.81. The predicted octanol–water partition coefficient (Wildman–Crippen LogP) is 1.94. The molecule has 0 radical (unpaired) electrons. The number of amides is 1. The average molecular weight is 264 g/mol. The van der Waals surface area contributed by atoms with Crippen LogP contribution in [-0.2, 0) is 9.59 Å². The van der Waals surface area contributed by atoms with Crippen molar-refractivity contribution in [2.24, 2.45) is 5.73 Å². The van der Waals surface area contributed by atoms with Crippen LogP contribution in [0.2, 0.25) is 0 Å². The number of benzene rings is 1. The van der Waals surface area contributed by atoms with Gasteiger partial charge in [0.05, 0.1) is 6.04 Å². The lowest BCUT2D eigenvalue weighted by molar-refractivity contribution is -0.137. The SMILES string of the molecule is CC(C)c1cccc(NC(=O)C(N)CCC(=O)O)c1. The fourth-order valence-electron chi connectivity index (χ4n) is 1.62. The van der Waals surface area contributed by atoms with Crippen LogP contribution in [-0.4, -0.2) is 23.0 Å². The van der Waals surface area contributed by atoms with Crippen LogP contribution in [0.1, 0.15) is 38.2 Å². The Bertz CT molecular complexity index is 458. The molecule has 1 aromatic carbocycles. The Morgan fingerprint density at radius 3 is 2.63 bits per heavy atom. The highest BCUT2D eigenvalue weighted by Crippen LogP contribution is 2.18. The number of hydrogen-bond donors (Lipinski definition) is 3. The molecule has 1 aromatic rings. The summed E-state index contributed by atoms with van der Waals surface area (Å²) >= 11 is 0. The van der Waals surface area contributed by atoms with Crippen molar-refractivity contribution in [3.05, 3.63) is 29.8 Å². The van der Waals surface area contributed by atoms with Crippen LogP contribution in [0.3, 0.4) is 0 Å². The van der Waals surface area contributed by atoms with Crippen LogP contribution in [0.15, 0.2) is 24.3 Å². The van der Waals surface area contributed by atoms with Crippen LogP contribution >= 0.6 is 0 Å². The molecule has 0 heterocycles. The summed E-state index contributed by atoms with van der Waals surface area (Å²) in [7, 11) is 0. The molecule has 0 spiro atoms. The largest absolute Gasteiger partial charge is 0.481 e. The van der Waals surface area contributed by atoms with E-state index in [4.69, 9.17) is 10.8 Å². The van der Waals surface area contributed by atoms with Gasteiger partial charge in [0.15, 0.2) is 0 Å². The summed E-state index contributed by atoms with van der Waals surface area (Å²) in [6.07, 6.45) is 0.0195. The van der Waals surface area contributed by atoms with Crippen molar-refractivity contribution in [2.45, 2.75) is 38.6 Å². The maximum atomic E-state index is 11.8. The van der Waals surface area contributed by atoms with Crippen LogP contribution in [0.4, 0.5) is 5.69 Å². The molecule has 1 amide bonds. The lowest BCUT2D eigenvalue weighted by Crippen LogP contribution is -2.36. The lowest BCUT2D eigenvalue weighted by atomic mass is 10.0. The highest BCUT2D eigenvalue weighted by atomic mass is 16.4. The Labute approximate surface area is 112 Å². The van der Waals surface area contributed by atoms with Crippen molar-refractivity contribution in [3.8, 4) is 0 Å².